The quantitative estimate of drug-likeness (QED) is 0.589. The number of amides is 2. The van der Waals surface area contributed by atoms with Crippen LogP contribution < -0.4 is 10.2 Å². The second-order valence-corrected chi connectivity index (χ2v) is 8.30. The van der Waals surface area contributed by atoms with E-state index in [-0.39, 0.29) is 10.7 Å². The zero-order valence-corrected chi connectivity index (χ0v) is 18.1. The van der Waals surface area contributed by atoms with Gasteiger partial charge in [-0.25, -0.2) is 9.37 Å². The topological polar surface area (TPSA) is 75.2 Å². The van der Waals surface area contributed by atoms with Crippen molar-refractivity contribution in [2.45, 2.75) is 32.4 Å². The van der Waals surface area contributed by atoms with E-state index in [1.54, 1.807) is 24.4 Å². The first-order valence-corrected chi connectivity index (χ1v) is 9.97. The molecule has 0 fully saturated rings. The number of benzene rings is 1. The average molecular weight is 441 g/mol. The van der Waals surface area contributed by atoms with Gasteiger partial charge in [0.2, 0.25) is 5.91 Å². The Morgan fingerprint density at radius 3 is 2.29 bits per heavy atom. The molecule has 31 heavy (non-hydrogen) atoms. The molecular weight excluding hydrogens is 419 g/mol. The number of anilines is 1. The normalized spacial score (nSPS) is 12.2. The number of rotatable bonds is 5. The molecule has 3 rings (SSSR count). The minimum atomic E-state index is -1.10. The van der Waals surface area contributed by atoms with Crippen molar-refractivity contribution >= 4 is 29.1 Å². The van der Waals surface area contributed by atoms with Crippen molar-refractivity contribution in [3.63, 3.8) is 0 Å². The van der Waals surface area contributed by atoms with Crippen LogP contribution in [0.25, 0.3) is 0 Å². The number of nitrogens with one attached hydrogen (secondary N) is 1. The molecule has 2 aromatic heterocycles. The number of hydrogen-bond acceptors (Lipinski definition) is 4. The average Bonchev–Trinajstić information content (AvgIpc) is 2.72. The number of halogens is 2. The van der Waals surface area contributed by atoms with E-state index in [4.69, 9.17) is 11.6 Å². The highest BCUT2D eigenvalue weighted by atomic mass is 35.5. The summed E-state index contributed by atoms with van der Waals surface area (Å²) < 4.78 is 13.6. The lowest BCUT2D eigenvalue weighted by molar-refractivity contribution is -0.124. The first kappa shape index (κ1) is 22.4. The van der Waals surface area contributed by atoms with Crippen LogP contribution in [0.2, 0.25) is 5.15 Å². The third-order valence-corrected chi connectivity index (χ3v) is 4.49. The second-order valence-electron chi connectivity index (χ2n) is 7.92. The van der Waals surface area contributed by atoms with Crippen LogP contribution in [0.3, 0.4) is 0 Å². The summed E-state index contributed by atoms with van der Waals surface area (Å²) in [6.07, 6.45) is 2.88. The highest BCUT2D eigenvalue weighted by Crippen LogP contribution is 2.29. The van der Waals surface area contributed by atoms with Crippen LogP contribution in [-0.4, -0.2) is 27.3 Å². The lowest BCUT2D eigenvalue weighted by Gasteiger charge is -2.33. The van der Waals surface area contributed by atoms with Gasteiger partial charge in [-0.3, -0.25) is 19.5 Å². The van der Waals surface area contributed by atoms with Crippen molar-refractivity contribution in [1.29, 1.82) is 0 Å². The summed E-state index contributed by atoms with van der Waals surface area (Å²) in [5, 5.41) is 3.14. The molecule has 1 aromatic carbocycles. The lowest BCUT2D eigenvalue weighted by atomic mass is 10.0. The summed E-state index contributed by atoms with van der Waals surface area (Å²) in [5.41, 5.74) is 0.367. The maximum atomic E-state index is 13.6. The number of hydrogen-bond donors (Lipinski definition) is 1. The molecule has 0 radical (unpaired) electrons. The fourth-order valence-corrected chi connectivity index (χ4v) is 3.10. The van der Waals surface area contributed by atoms with E-state index >= 15 is 0 Å². The highest BCUT2D eigenvalue weighted by molar-refractivity contribution is 6.29. The molecule has 0 aliphatic rings. The molecule has 6 nitrogen and oxygen atoms in total. The monoisotopic (exact) mass is 440 g/mol. The Kier molecular flexibility index (Phi) is 6.65. The Labute approximate surface area is 185 Å². The standard InChI is InChI=1S/C23H22ClFN4O2/c1-23(2,3)28-21(30)20(18-6-4-5-13-26-18)29(17-10-8-16(25)9-11-17)22(31)15-7-12-19(24)27-14-15/h4-14,20H,1-3H3,(H,28,30)/t20-/m0/s1. The molecule has 8 heteroatoms. The van der Waals surface area contributed by atoms with Gasteiger partial charge in [-0.2, -0.15) is 0 Å². The zero-order chi connectivity index (χ0) is 22.6. The third-order valence-electron chi connectivity index (χ3n) is 4.27. The number of aromatic nitrogens is 2. The Hall–Kier alpha value is -3.32. The lowest BCUT2D eigenvalue weighted by Crippen LogP contribution is -2.49. The predicted molar refractivity (Wildman–Crippen MR) is 117 cm³/mol. The fraction of sp³-hybridized carbons (Fsp3) is 0.217. The van der Waals surface area contributed by atoms with E-state index in [0.29, 0.717) is 11.4 Å². The van der Waals surface area contributed by atoms with Gasteiger partial charge in [-0.05, 0) is 69.3 Å². The maximum absolute atomic E-state index is 13.6. The molecule has 2 amide bonds. The van der Waals surface area contributed by atoms with Crippen molar-refractivity contribution in [3.8, 4) is 0 Å². The summed E-state index contributed by atoms with van der Waals surface area (Å²) in [6.45, 7) is 5.52. The van der Waals surface area contributed by atoms with Gasteiger partial charge in [-0.15, -0.1) is 0 Å². The SMILES string of the molecule is CC(C)(C)NC(=O)[C@H](c1ccccn1)N(C(=O)c1ccc(Cl)nc1)c1ccc(F)cc1. The van der Waals surface area contributed by atoms with Gasteiger partial charge in [0.15, 0.2) is 6.04 Å². The van der Waals surface area contributed by atoms with Gasteiger partial charge < -0.3 is 5.32 Å². The van der Waals surface area contributed by atoms with Crippen LogP contribution in [0.4, 0.5) is 10.1 Å². The number of pyridine rings is 2. The molecular formula is C23H22ClFN4O2. The van der Waals surface area contributed by atoms with E-state index in [0.717, 1.165) is 0 Å². The van der Waals surface area contributed by atoms with Gasteiger partial charge >= 0.3 is 0 Å². The Balaban J connectivity index is 2.16. The molecule has 160 valence electrons. The van der Waals surface area contributed by atoms with Crippen molar-refractivity contribution in [2.24, 2.45) is 0 Å². The van der Waals surface area contributed by atoms with E-state index in [1.165, 1.54) is 47.5 Å². The predicted octanol–water partition coefficient (Wildman–Crippen LogP) is 4.57. The van der Waals surface area contributed by atoms with Gasteiger partial charge in [0.25, 0.3) is 5.91 Å². The maximum Gasteiger partial charge on any atom is 0.260 e. The van der Waals surface area contributed by atoms with Crippen LogP contribution in [0.5, 0.6) is 0 Å². The molecule has 3 aromatic rings. The first-order valence-electron chi connectivity index (χ1n) is 9.59. The molecule has 1 atom stereocenters. The number of carbonyl (C=O) groups is 2. The summed E-state index contributed by atoms with van der Waals surface area (Å²) in [7, 11) is 0. The van der Waals surface area contributed by atoms with Gasteiger partial charge in [-0.1, -0.05) is 17.7 Å². The van der Waals surface area contributed by atoms with Gasteiger partial charge in [0.05, 0.1) is 11.3 Å². The third kappa shape index (κ3) is 5.64. The van der Waals surface area contributed by atoms with Crippen LogP contribution in [-0.2, 0) is 4.79 Å². The van der Waals surface area contributed by atoms with Crippen LogP contribution in [0.15, 0.2) is 67.0 Å². The summed E-state index contributed by atoms with van der Waals surface area (Å²) in [4.78, 5) is 36.5. The molecule has 0 aliphatic heterocycles. The summed E-state index contributed by atoms with van der Waals surface area (Å²) in [6, 6.07) is 12.4. The number of nitrogens with zero attached hydrogens (tertiary/aromatic N) is 3. The van der Waals surface area contributed by atoms with Crippen molar-refractivity contribution in [1.82, 2.24) is 15.3 Å². The molecule has 2 heterocycles. The largest absolute Gasteiger partial charge is 0.349 e. The minimum absolute atomic E-state index is 0.221. The first-order chi connectivity index (χ1) is 14.7. The Bertz CT molecular complexity index is 1050. The molecule has 0 unspecified atom stereocenters. The Morgan fingerprint density at radius 2 is 1.74 bits per heavy atom. The van der Waals surface area contributed by atoms with E-state index in [1.807, 2.05) is 20.8 Å². The van der Waals surface area contributed by atoms with E-state index < -0.39 is 29.2 Å². The van der Waals surface area contributed by atoms with Crippen molar-refractivity contribution in [3.05, 3.63) is 89.2 Å². The van der Waals surface area contributed by atoms with E-state index in [9.17, 15) is 14.0 Å². The molecule has 0 spiro atoms. The van der Waals surface area contributed by atoms with Crippen molar-refractivity contribution < 1.29 is 14.0 Å². The highest BCUT2D eigenvalue weighted by Gasteiger charge is 2.36. The van der Waals surface area contributed by atoms with Gasteiger partial charge in [0, 0.05) is 23.6 Å². The smallest absolute Gasteiger partial charge is 0.260 e. The number of carbonyl (C=O) groups excluding carboxylic acids is 2. The zero-order valence-electron chi connectivity index (χ0n) is 17.3. The molecule has 0 bridgehead atoms. The van der Waals surface area contributed by atoms with Crippen LogP contribution in [0.1, 0.15) is 42.9 Å². The molecule has 1 N–H and O–H groups in total. The molecule has 0 saturated heterocycles. The second kappa shape index (κ2) is 9.22. The molecule has 0 aliphatic carbocycles. The van der Waals surface area contributed by atoms with Crippen LogP contribution in [0, 0.1) is 5.82 Å². The van der Waals surface area contributed by atoms with E-state index in [2.05, 4.69) is 15.3 Å². The fourth-order valence-electron chi connectivity index (χ4n) is 2.99. The minimum Gasteiger partial charge on any atom is -0.349 e. The summed E-state index contributed by atoms with van der Waals surface area (Å²) in [5.74, 6) is -1.39. The van der Waals surface area contributed by atoms with Crippen molar-refractivity contribution in [2.75, 3.05) is 4.90 Å². The molecule has 0 saturated carbocycles. The van der Waals surface area contributed by atoms with Crippen LogP contribution >= 0.6 is 11.6 Å². The van der Waals surface area contributed by atoms with Gasteiger partial charge in [0.1, 0.15) is 11.0 Å². The summed E-state index contributed by atoms with van der Waals surface area (Å²) >= 11 is 5.86. The Morgan fingerprint density at radius 1 is 1.03 bits per heavy atom.